The van der Waals surface area contributed by atoms with Gasteiger partial charge in [0, 0.05) is 19.3 Å². The molecule has 0 bridgehead atoms. The zero-order chi connectivity index (χ0) is 15.3. The number of hydrogen-bond donors (Lipinski definition) is 0. The maximum atomic E-state index is 11.2. The number of esters is 2. The SMILES string of the molecule is CC(=O)OCC1(COC(C)=O)C[C@H](C)CC[C@H]1C(C)C. The summed E-state index contributed by atoms with van der Waals surface area (Å²) in [5, 5.41) is 0. The first-order valence-corrected chi connectivity index (χ1v) is 7.53. The van der Waals surface area contributed by atoms with E-state index in [9.17, 15) is 9.59 Å². The molecule has 116 valence electrons. The number of hydrogen-bond acceptors (Lipinski definition) is 4. The summed E-state index contributed by atoms with van der Waals surface area (Å²) in [6, 6.07) is 0. The Hall–Kier alpha value is -1.06. The lowest BCUT2D eigenvalue weighted by molar-refractivity contribution is -0.160. The van der Waals surface area contributed by atoms with Gasteiger partial charge in [-0.3, -0.25) is 9.59 Å². The van der Waals surface area contributed by atoms with Gasteiger partial charge in [0.1, 0.15) is 13.2 Å². The quantitative estimate of drug-likeness (QED) is 0.728. The molecule has 0 aliphatic heterocycles. The molecule has 0 heterocycles. The van der Waals surface area contributed by atoms with Gasteiger partial charge in [0.15, 0.2) is 0 Å². The first kappa shape index (κ1) is 17.0. The lowest BCUT2D eigenvalue weighted by Crippen LogP contribution is -2.47. The van der Waals surface area contributed by atoms with Gasteiger partial charge < -0.3 is 9.47 Å². The Morgan fingerprint density at radius 1 is 1.10 bits per heavy atom. The highest BCUT2D eigenvalue weighted by molar-refractivity contribution is 5.66. The Kier molecular flexibility index (Phi) is 6.03. The number of carbonyl (C=O) groups excluding carboxylic acids is 2. The van der Waals surface area contributed by atoms with E-state index in [1.54, 1.807) is 0 Å². The molecular weight excluding hydrogens is 256 g/mol. The first-order valence-electron chi connectivity index (χ1n) is 7.53. The monoisotopic (exact) mass is 284 g/mol. The normalized spacial score (nSPS) is 25.3. The van der Waals surface area contributed by atoms with Gasteiger partial charge in [-0.05, 0) is 30.6 Å². The predicted molar refractivity (Wildman–Crippen MR) is 77.0 cm³/mol. The molecule has 4 nitrogen and oxygen atoms in total. The molecule has 1 fully saturated rings. The fraction of sp³-hybridized carbons (Fsp3) is 0.875. The summed E-state index contributed by atoms with van der Waals surface area (Å²) < 4.78 is 10.6. The topological polar surface area (TPSA) is 52.6 Å². The molecule has 20 heavy (non-hydrogen) atoms. The minimum Gasteiger partial charge on any atom is -0.465 e. The molecule has 0 amide bonds. The summed E-state index contributed by atoms with van der Waals surface area (Å²) in [4.78, 5) is 22.4. The molecule has 4 heteroatoms. The van der Waals surface area contributed by atoms with Crippen molar-refractivity contribution in [3.8, 4) is 0 Å². The summed E-state index contributed by atoms with van der Waals surface area (Å²) in [6.07, 6.45) is 3.22. The summed E-state index contributed by atoms with van der Waals surface area (Å²) in [7, 11) is 0. The molecular formula is C16H28O4. The van der Waals surface area contributed by atoms with Crippen molar-refractivity contribution in [3.05, 3.63) is 0 Å². The third kappa shape index (κ3) is 4.50. The molecule has 0 unspecified atom stereocenters. The highest BCUT2D eigenvalue weighted by Gasteiger charge is 2.46. The molecule has 1 aliphatic rings. The van der Waals surface area contributed by atoms with Crippen molar-refractivity contribution >= 4 is 11.9 Å². The van der Waals surface area contributed by atoms with Crippen LogP contribution in [0.3, 0.4) is 0 Å². The van der Waals surface area contributed by atoms with Crippen LogP contribution in [0.15, 0.2) is 0 Å². The molecule has 0 spiro atoms. The maximum absolute atomic E-state index is 11.2. The molecule has 0 aromatic rings. The van der Waals surface area contributed by atoms with E-state index in [4.69, 9.17) is 9.47 Å². The van der Waals surface area contributed by atoms with Crippen LogP contribution in [-0.4, -0.2) is 25.2 Å². The third-order valence-corrected chi connectivity index (χ3v) is 4.44. The van der Waals surface area contributed by atoms with Crippen LogP contribution in [0.5, 0.6) is 0 Å². The molecule has 0 aromatic heterocycles. The fourth-order valence-corrected chi connectivity index (χ4v) is 3.62. The Balaban J connectivity index is 2.94. The van der Waals surface area contributed by atoms with Gasteiger partial charge in [-0.15, -0.1) is 0 Å². The first-order chi connectivity index (χ1) is 9.27. The average molecular weight is 284 g/mol. The Morgan fingerprint density at radius 3 is 2.00 bits per heavy atom. The predicted octanol–water partition coefficient (Wildman–Crippen LogP) is 3.19. The van der Waals surface area contributed by atoms with Crippen LogP contribution in [0.4, 0.5) is 0 Å². The molecule has 0 saturated heterocycles. The van der Waals surface area contributed by atoms with E-state index in [-0.39, 0.29) is 17.4 Å². The molecule has 1 saturated carbocycles. The summed E-state index contributed by atoms with van der Waals surface area (Å²) >= 11 is 0. The zero-order valence-electron chi connectivity index (χ0n) is 13.4. The van der Waals surface area contributed by atoms with Gasteiger partial charge in [-0.2, -0.15) is 0 Å². The average Bonchev–Trinajstić information content (AvgIpc) is 2.33. The molecule has 1 aliphatic carbocycles. The second-order valence-corrected chi connectivity index (χ2v) is 6.66. The maximum Gasteiger partial charge on any atom is 0.302 e. The summed E-state index contributed by atoms with van der Waals surface area (Å²) in [5.41, 5.74) is -0.233. The standard InChI is InChI=1S/C16H28O4/c1-11(2)15-7-6-12(3)8-16(15,9-19-13(4)17)10-20-14(5)18/h11-12,15H,6-10H2,1-5H3/t12-,15+/m1/s1. The Morgan fingerprint density at radius 2 is 1.60 bits per heavy atom. The molecule has 0 aromatic carbocycles. The minimum absolute atomic E-state index is 0.233. The van der Waals surface area contributed by atoms with Crippen LogP contribution in [0.1, 0.15) is 53.9 Å². The van der Waals surface area contributed by atoms with Crippen LogP contribution >= 0.6 is 0 Å². The third-order valence-electron chi connectivity index (χ3n) is 4.44. The van der Waals surface area contributed by atoms with Crippen molar-refractivity contribution in [3.63, 3.8) is 0 Å². The summed E-state index contributed by atoms with van der Waals surface area (Å²) in [5.74, 6) is 0.919. The molecule has 1 rings (SSSR count). The van der Waals surface area contributed by atoms with Crippen molar-refractivity contribution in [1.82, 2.24) is 0 Å². The van der Waals surface area contributed by atoms with E-state index in [0.29, 0.717) is 31.0 Å². The van der Waals surface area contributed by atoms with Crippen molar-refractivity contribution in [2.75, 3.05) is 13.2 Å². The van der Waals surface area contributed by atoms with Gasteiger partial charge in [-0.25, -0.2) is 0 Å². The number of rotatable bonds is 5. The van der Waals surface area contributed by atoms with Crippen LogP contribution in [0.25, 0.3) is 0 Å². The van der Waals surface area contributed by atoms with Crippen molar-refractivity contribution in [2.24, 2.45) is 23.2 Å². The van der Waals surface area contributed by atoms with Crippen molar-refractivity contribution in [1.29, 1.82) is 0 Å². The van der Waals surface area contributed by atoms with Gasteiger partial charge >= 0.3 is 11.9 Å². The van der Waals surface area contributed by atoms with Gasteiger partial charge in [-0.1, -0.05) is 27.2 Å². The van der Waals surface area contributed by atoms with Gasteiger partial charge in [0.2, 0.25) is 0 Å². The number of carbonyl (C=O) groups is 2. The fourth-order valence-electron chi connectivity index (χ4n) is 3.62. The van der Waals surface area contributed by atoms with E-state index >= 15 is 0 Å². The Labute approximate surface area is 122 Å². The van der Waals surface area contributed by atoms with E-state index < -0.39 is 0 Å². The second kappa shape index (κ2) is 7.09. The van der Waals surface area contributed by atoms with Crippen molar-refractivity contribution in [2.45, 2.75) is 53.9 Å². The van der Waals surface area contributed by atoms with E-state index in [1.807, 2.05) is 0 Å². The van der Waals surface area contributed by atoms with E-state index in [1.165, 1.54) is 20.3 Å². The lowest BCUT2D eigenvalue weighted by atomic mass is 9.60. The number of ether oxygens (including phenoxy) is 2. The zero-order valence-corrected chi connectivity index (χ0v) is 13.4. The van der Waals surface area contributed by atoms with Crippen LogP contribution in [0.2, 0.25) is 0 Å². The van der Waals surface area contributed by atoms with Crippen molar-refractivity contribution < 1.29 is 19.1 Å². The van der Waals surface area contributed by atoms with Gasteiger partial charge in [0.25, 0.3) is 0 Å². The van der Waals surface area contributed by atoms with Crippen LogP contribution in [0, 0.1) is 23.2 Å². The minimum atomic E-state index is -0.270. The molecule has 2 atom stereocenters. The van der Waals surface area contributed by atoms with E-state index in [0.717, 1.165) is 12.8 Å². The van der Waals surface area contributed by atoms with Gasteiger partial charge in [0.05, 0.1) is 0 Å². The van der Waals surface area contributed by atoms with Crippen LogP contribution < -0.4 is 0 Å². The molecule has 0 N–H and O–H groups in total. The largest absolute Gasteiger partial charge is 0.465 e. The molecule has 0 radical (unpaired) electrons. The Bertz CT molecular complexity index is 330. The lowest BCUT2D eigenvalue weighted by Gasteiger charge is -2.47. The smallest absolute Gasteiger partial charge is 0.302 e. The van der Waals surface area contributed by atoms with Crippen LogP contribution in [-0.2, 0) is 19.1 Å². The highest BCUT2D eigenvalue weighted by Crippen LogP contribution is 2.47. The highest BCUT2D eigenvalue weighted by atomic mass is 16.5. The summed E-state index contributed by atoms with van der Waals surface area (Å²) in [6.45, 7) is 10.2. The second-order valence-electron chi connectivity index (χ2n) is 6.66. The van der Waals surface area contributed by atoms with E-state index in [2.05, 4.69) is 20.8 Å².